The van der Waals surface area contributed by atoms with Gasteiger partial charge in [-0.3, -0.25) is 14.4 Å². The monoisotopic (exact) mass is 553 g/mol. The smallest absolute Gasteiger partial charge is 0.408 e. The van der Waals surface area contributed by atoms with E-state index in [4.69, 9.17) is 9.47 Å². The lowest BCUT2D eigenvalue weighted by Gasteiger charge is -2.34. The fraction of sp³-hybridized carbons (Fsp3) is 0.467. The lowest BCUT2D eigenvalue weighted by Crippen LogP contribution is -2.54. The molecule has 0 spiro atoms. The Morgan fingerprint density at radius 2 is 1.75 bits per heavy atom. The van der Waals surface area contributed by atoms with E-state index in [1.807, 2.05) is 30.3 Å². The standard InChI is InChI=1S/C30H39N3O7/c1-5-39-25(35)16-17-31-27(36)26(21-12-9-13-23(34)19-21)33(22-14-15-22)28(37)24(18-20-10-7-6-8-11-20)32-29(38)40-30(2,3)4/h6-13,19,22,24,26,34H,5,14-18H2,1-4H3,(H,31,36)(H,32,38). The van der Waals surface area contributed by atoms with Gasteiger partial charge < -0.3 is 30.1 Å². The SMILES string of the molecule is CCOC(=O)CCNC(=O)C(c1cccc(O)c1)N(C(=O)C(Cc1ccccc1)NC(=O)OC(C)(C)C)C1CC1. The summed E-state index contributed by atoms with van der Waals surface area (Å²) in [4.78, 5) is 53.9. The molecule has 0 saturated heterocycles. The first-order chi connectivity index (χ1) is 19.0. The number of ether oxygens (including phenoxy) is 2. The van der Waals surface area contributed by atoms with Crippen LogP contribution in [-0.4, -0.2) is 64.7 Å². The first kappa shape index (κ1) is 30.5. The first-order valence-electron chi connectivity index (χ1n) is 13.6. The lowest BCUT2D eigenvalue weighted by molar-refractivity contribution is -0.144. The minimum atomic E-state index is -1.10. The molecule has 0 aliphatic heterocycles. The number of aromatic hydroxyl groups is 1. The van der Waals surface area contributed by atoms with Gasteiger partial charge in [0, 0.05) is 19.0 Å². The van der Waals surface area contributed by atoms with E-state index in [2.05, 4.69) is 10.6 Å². The highest BCUT2D eigenvalue weighted by molar-refractivity contribution is 5.93. The molecule has 0 aromatic heterocycles. The van der Waals surface area contributed by atoms with Crippen LogP contribution in [0.25, 0.3) is 0 Å². The zero-order valence-electron chi connectivity index (χ0n) is 23.5. The van der Waals surface area contributed by atoms with Gasteiger partial charge in [0.2, 0.25) is 11.8 Å². The predicted octanol–water partition coefficient (Wildman–Crippen LogP) is 3.63. The Labute approximate surface area is 235 Å². The Morgan fingerprint density at radius 1 is 1.05 bits per heavy atom. The zero-order chi connectivity index (χ0) is 29.3. The summed E-state index contributed by atoms with van der Waals surface area (Å²) < 4.78 is 10.4. The van der Waals surface area contributed by atoms with E-state index in [1.54, 1.807) is 39.8 Å². The number of nitrogens with zero attached hydrogens (tertiary/aromatic N) is 1. The predicted molar refractivity (Wildman–Crippen MR) is 148 cm³/mol. The summed E-state index contributed by atoms with van der Waals surface area (Å²) in [5, 5.41) is 15.6. The van der Waals surface area contributed by atoms with Gasteiger partial charge in [-0.25, -0.2) is 4.79 Å². The van der Waals surface area contributed by atoms with Crippen molar-refractivity contribution in [3.8, 4) is 5.75 Å². The molecule has 0 radical (unpaired) electrons. The van der Waals surface area contributed by atoms with E-state index >= 15 is 0 Å². The summed E-state index contributed by atoms with van der Waals surface area (Å²) in [7, 11) is 0. The summed E-state index contributed by atoms with van der Waals surface area (Å²) in [6.45, 7) is 7.14. The van der Waals surface area contributed by atoms with Crippen molar-refractivity contribution in [2.75, 3.05) is 13.2 Å². The van der Waals surface area contributed by atoms with Gasteiger partial charge in [-0.15, -0.1) is 0 Å². The van der Waals surface area contributed by atoms with Gasteiger partial charge in [-0.1, -0.05) is 42.5 Å². The Bertz CT molecular complexity index is 1180. The van der Waals surface area contributed by atoms with Crippen LogP contribution in [0.4, 0.5) is 4.79 Å². The summed E-state index contributed by atoms with van der Waals surface area (Å²) >= 11 is 0. The second-order valence-corrected chi connectivity index (χ2v) is 10.7. The molecule has 2 unspecified atom stereocenters. The normalized spacial score (nSPS) is 14.4. The number of hydrogen-bond donors (Lipinski definition) is 3. The maximum absolute atomic E-state index is 14.2. The van der Waals surface area contributed by atoms with Crippen molar-refractivity contribution in [1.29, 1.82) is 0 Å². The van der Waals surface area contributed by atoms with Crippen molar-refractivity contribution in [2.24, 2.45) is 0 Å². The molecule has 40 heavy (non-hydrogen) atoms. The maximum Gasteiger partial charge on any atom is 0.408 e. The zero-order valence-corrected chi connectivity index (χ0v) is 23.5. The van der Waals surface area contributed by atoms with Crippen LogP contribution in [0, 0.1) is 0 Å². The number of hydrogen-bond acceptors (Lipinski definition) is 7. The molecule has 2 aromatic carbocycles. The fourth-order valence-corrected chi connectivity index (χ4v) is 4.30. The largest absolute Gasteiger partial charge is 0.508 e. The van der Waals surface area contributed by atoms with Gasteiger partial charge in [-0.05, 0) is 63.8 Å². The molecule has 1 saturated carbocycles. The average Bonchev–Trinajstić information content (AvgIpc) is 3.71. The molecule has 3 amide bonds. The lowest BCUT2D eigenvalue weighted by atomic mass is 10.00. The molecule has 2 atom stereocenters. The van der Waals surface area contributed by atoms with E-state index in [-0.39, 0.29) is 37.8 Å². The number of rotatable bonds is 12. The van der Waals surface area contributed by atoms with Gasteiger partial charge in [0.05, 0.1) is 13.0 Å². The highest BCUT2D eigenvalue weighted by atomic mass is 16.6. The molecule has 0 bridgehead atoms. The Morgan fingerprint density at radius 3 is 2.35 bits per heavy atom. The van der Waals surface area contributed by atoms with Crippen LogP contribution < -0.4 is 10.6 Å². The molecule has 216 valence electrons. The quantitative estimate of drug-likeness (QED) is 0.342. The molecule has 1 aliphatic carbocycles. The second-order valence-electron chi connectivity index (χ2n) is 10.7. The van der Waals surface area contributed by atoms with Gasteiger partial charge in [0.15, 0.2) is 0 Å². The number of phenolic OH excluding ortho intramolecular Hbond substituents is 1. The van der Waals surface area contributed by atoms with E-state index in [1.165, 1.54) is 17.0 Å². The van der Waals surface area contributed by atoms with Crippen LogP contribution in [0.2, 0.25) is 0 Å². The molecule has 2 aromatic rings. The average molecular weight is 554 g/mol. The number of carbonyl (C=O) groups is 4. The Kier molecular flexibility index (Phi) is 10.5. The molecule has 0 heterocycles. The van der Waals surface area contributed by atoms with Crippen LogP contribution >= 0.6 is 0 Å². The summed E-state index contributed by atoms with van der Waals surface area (Å²) in [6, 6.07) is 13.1. The summed E-state index contributed by atoms with van der Waals surface area (Å²) in [6.07, 6.45) is 0.772. The van der Waals surface area contributed by atoms with Crippen LogP contribution in [-0.2, 0) is 30.3 Å². The number of carbonyl (C=O) groups excluding carboxylic acids is 4. The maximum atomic E-state index is 14.2. The van der Waals surface area contributed by atoms with Gasteiger partial charge in [0.25, 0.3) is 0 Å². The third-order valence-corrected chi connectivity index (χ3v) is 6.11. The number of benzene rings is 2. The van der Waals surface area contributed by atoms with Crippen molar-refractivity contribution in [1.82, 2.24) is 15.5 Å². The van der Waals surface area contributed by atoms with Gasteiger partial charge >= 0.3 is 12.1 Å². The van der Waals surface area contributed by atoms with Gasteiger partial charge in [0.1, 0.15) is 23.4 Å². The topological polar surface area (TPSA) is 134 Å². The van der Waals surface area contributed by atoms with E-state index in [9.17, 15) is 24.3 Å². The summed E-state index contributed by atoms with van der Waals surface area (Å²) in [5.74, 6) is -1.47. The molecular formula is C30H39N3O7. The van der Waals surface area contributed by atoms with E-state index in [0.29, 0.717) is 18.4 Å². The molecule has 10 nitrogen and oxygen atoms in total. The highest BCUT2D eigenvalue weighted by Gasteiger charge is 2.44. The molecule has 10 heteroatoms. The molecule has 3 rings (SSSR count). The minimum absolute atomic E-state index is 0.0171. The third kappa shape index (κ3) is 9.29. The van der Waals surface area contributed by atoms with Crippen LogP contribution in [0.5, 0.6) is 5.75 Å². The van der Waals surface area contributed by atoms with Crippen molar-refractivity contribution >= 4 is 23.9 Å². The Balaban J connectivity index is 1.94. The van der Waals surface area contributed by atoms with Crippen molar-refractivity contribution < 1.29 is 33.8 Å². The van der Waals surface area contributed by atoms with E-state index < -0.39 is 41.6 Å². The van der Waals surface area contributed by atoms with Crippen molar-refractivity contribution in [3.05, 3.63) is 65.7 Å². The van der Waals surface area contributed by atoms with Crippen LogP contribution in [0.15, 0.2) is 54.6 Å². The molecule has 1 aliphatic rings. The minimum Gasteiger partial charge on any atom is -0.508 e. The Hall–Kier alpha value is -4.08. The number of esters is 1. The van der Waals surface area contributed by atoms with Crippen LogP contribution in [0.3, 0.4) is 0 Å². The number of phenols is 1. The van der Waals surface area contributed by atoms with Crippen LogP contribution in [0.1, 0.15) is 64.1 Å². The van der Waals surface area contributed by atoms with E-state index in [0.717, 1.165) is 5.56 Å². The highest BCUT2D eigenvalue weighted by Crippen LogP contribution is 2.36. The summed E-state index contributed by atoms with van der Waals surface area (Å²) in [5.41, 5.74) is 0.453. The second kappa shape index (κ2) is 13.8. The van der Waals surface area contributed by atoms with Crippen molar-refractivity contribution in [2.45, 2.75) is 77.1 Å². The van der Waals surface area contributed by atoms with Crippen molar-refractivity contribution in [3.63, 3.8) is 0 Å². The number of amides is 3. The number of alkyl carbamates (subject to hydrolysis) is 1. The molecular weight excluding hydrogens is 514 g/mol. The first-order valence-corrected chi connectivity index (χ1v) is 13.6. The molecule has 1 fully saturated rings. The fourth-order valence-electron chi connectivity index (χ4n) is 4.30. The third-order valence-electron chi connectivity index (χ3n) is 6.11. The molecule has 3 N–H and O–H groups in total. The number of nitrogens with one attached hydrogen (secondary N) is 2. The van der Waals surface area contributed by atoms with Gasteiger partial charge in [-0.2, -0.15) is 0 Å².